The Labute approximate surface area is 120 Å². The fourth-order valence-corrected chi connectivity index (χ4v) is 2.12. The predicted molar refractivity (Wildman–Crippen MR) is 67.9 cm³/mol. The highest BCUT2D eigenvalue weighted by Crippen LogP contribution is 2.29. The molecular formula is C12H18F3N5O. The minimum atomic E-state index is -4.54. The summed E-state index contributed by atoms with van der Waals surface area (Å²) in [7, 11) is 0. The van der Waals surface area contributed by atoms with Gasteiger partial charge in [0.1, 0.15) is 0 Å². The number of nitrogens with zero attached hydrogens (tertiary/aromatic N) is 4. The van der Waals surface area contributed by atoms with Gasteiger partial charge in [0.15, 0.2) is 5.82 Å². The molecule has 0 unspecified atom stereocenters. The van der Waals surface area contributed by atoms with E-state index in [0.717, 1.165) is 4.57 Å². The van der Waals surface area contributed by atoms with Crippen molar-refractivity contribution in [1.82, 2.24) is 19.7 Å². The molecule has 6 nitrogen and oxygen atoms in total. The largest absolute Gasteiger partial charge is 0.451 e. The maximum Gasteiger partial charge on any atom is 0.451 e. The average Bonchev–Trinajstić information content (AvgIpc) is 2.78. The van der Waals surface area contributed by atoms with Crippen LogP contribution in [-0.2, 0) is 24.1 Å². The average molecular weight is 305 g/mol. The van der Waals surface area contributed by atoms with Crippen LogP contribution in [0.3, 0.4) is 0 Å². The van der Waals surface area contributed by atoms with Gasteiger partial charge in [-0.25, -0.2) is 0 Å². The summed E-state index contributed by atoms with van der Waals surface area (Å²) in [6.45, 7) is 5.68. The molecule has 1 aliphatic heterocycles. The van der Waals surface area contributed by atoms with Gasteiger partial charge in [0.2, 0.25) is 11.7 Å². The fourth-order valence-electron chi connectivity index (χ4n) is 2.12. The Morgan fingerprint density at radius 3 is 2.38 bits per heavy atom. The zero-order chi connectivity index (χ0) is 16.0. The second-order valence-corrected chi connectivity index (χ2v) is 6.19. The summed E-state index contributed by atoms with van der Waals surface area (Å²) in [6.07, 6.45) is -4.54. The number of rotatable bonds is 1. The summed E-state index contributed by atoms with van der Waals surface area (Å²) in [4.78, 5) is 13.7. The SMILES string of the molecule is CC(C)(C)[C@@H](N)C(=O)N1CCn2c(nnc2C(F)(F)F)C1. The van der Waals surface area contributed by atoms with E-state index in [4.69, 9.17) is 5.73 Å². The third kappa shape index (κ3) is 3.02. The van der Waals surface area contributed by atoms with Crippen LogP contribution in [0.4, 0.5) is 13.2 Å². The van der Waals surface area contributed by atoms with E-state index in [9.17, 15) is 18.0 Å². The first-order chi connectivity index (χ1) is 9.51. The van der Waals surface area contributed by atoms with E-state index < -0.39 is 23.5 Å². The standard InChI is InChI=1S/C12H18F3N5O/c1-11(2,3)8(16)9(21)19-4-5-20-7(6-19)17-18-10(20)12(13,14)15/h8H,4-6,16H2,1-3H3/t8-/m0/s1. The smallest absolute Gasteiger partial charge is 0.332 e. The highest BCUT2D eigenvalue weighted by Gasteiger charge is 2.40. The molecule has 0 saturated heterocycles. The van der Waals surface area contributed by atoms with Gasteiger partial charge in [0, 0.05) is 13.1 Å². The number of carbonyl (C=O) groups excluding carboxylic acids is 1. The molecule has 2 heterocycles. The lowest BCUT2D eigenvalue weighted by Crippen LogP contribution is -2.52. The molecule has 1 amide bonds. The van der Waals surface area contributed by atoms with E-state index in [0.29, 0.717) is 0 Å². The monoisotopic (exact) mass is 305 g/mol. The van der Waals surface area contributed by atoms with Gasteiger partial charge in [-0.2, -0.15) is 13.2 Å². The van der Waals surface area contributed by atoms with Gasteiger partial charge in [-0.05, 0) is 5.41 Å². The van der Waals surface area contributed by atoms with Crippen molar-refractivity contribution in [3.8, 4) is 0 Å². The molecular weight excluding hydrogens is 287 g/mol. The van der Waals surface area contributed by atoms with Crippen LogP contribution < -0.4 is 5.73 Å². The summed E-state index contributed by atoms with van der Waals surface area (Å²) in [6, 6.07) is -0.714. The number of aromatic nitrogens is 3. The molecule has 9 heteroatoms. The first-order valence-corrected chi connectivity index (χ1v) is 6.55. The zero-order valence-electron chi connectivity index (χ0n) is 12.1. The molecule has 0 aliphatic carbocycles. The summed E-state index contributed by atoms with van der Waals surface area (Å²) >= 11 is 0. The van der Waals surface area contributed by atoms with Crippen LogP contribution in [0.5, 0.6) is 0 Å². The van der Waals surface area contributed by atoms with E-state index in [1.807, 2.05) is 20.8 Å². The molecule has 1 aromatic rings. The van der Waals surface area contributed by atoms with Crippen LogP contribution in [0.25, 0.3) is 0 Å². The van der Waals surface area contributed by atoms with Gasteiger partial charge in [-0.15, -0.1) is 10.2 Å². The molecule has 0 saturated carbocycles. The normalized spacial score (nSPS) is 17.6. The molecule has 1 aromatic heterocycles. The fraction of sp³-hybridized carbons (Fsp3) is 0.750. The van der Waals surface area contributed by atoms with E-state index >= 15 is 0 Å². The maximum absolute atomic E-state index is 12.7. The molecule has 1 aliphatic rings. The lowest BCUT2D eigenvalue weighted by atomic mass is 9.86. The molecule has 2 N–H and O–H groups in total. The van der Waals surface area contributed by atoms with Crippen LogP contribution in [0, 0.1) is 5.41 Å². The molecule has 21 heavy (non-hydrogen) atoms. The Morgan fingerprint density at radius 2 is 1.86 bits per heavy atom. The Kier molecular flexibility index (Phi) is 3.73. The predicted octanol–water partition coefficient (Wildman–Crippen LogP) is 1.01. The summed E-state index contributed by atoms with van der Waals surface area (Å²) < 4.78 is 39.2. The minimum absolute atomic E-state index is 0.00824. The van der Waals surface area contributed by atoms with Gasteiger partial charge in [-0.1, -0.05) is 20.8 Å². The summed E-state index contributed by atoms with van der Waals surface area (Å²) in [5.74, 6) is -1.18. The topological polar surface area (TPSA) is 77.0 Å². The second-order valence-electron chi connectivity index (χ2n) is 6.19. The van der Waals surface area contributed by atoms with Crippen molar-refractivity contribution >= 4 is 5.91 Å². The number of halogens is 3. The van der Waals surface area contributed by atoms with Crippen LogP contribution >= 0.6 is 0 Å². The van der Waals surface area contributed by atoms with E-state index in [1.54, 1.807) is 0 Å². The lowest BCUT2D eigenvalue weighted by Gasteiger charge is -2.34. The molecule has 118 valence electrons. The minimum Gasteiger partial charge on any atom is -0.332 e. The third-order valence-corrected chi connectivity index (χ3v) is 3.52. The second kappa shape index (κ2) is 4.97. The van der Waals surface area contributed by atoms with E-state index in [1.165, 1.54) is 4.90 Å². The summed E-state index contributed by atoms with van der Waals surface area (Å²) in [5, 5.41) is 6.71. The van der Waals surface area contributed by atoms with Crippen LogP contribution in [-0.4, -0.2) is 38.2 Å². The molecule has 0 aromatic carbocycles. The first-order valence-electron chi connectivity index (χ1n) is 6.55. The van der Waals surface area contributed by atoms with Gasteiger partial charge < -0.3 is 15.2 Å². The highest BCUT2D eigenvalue weighted by atomic mass is 19.4. The molecule has 0 bridgehead atoms. The Bertz CT molecular complexity index is 546. The van der Waals surface area contributed by atoms with Crippen molar-refractivity contribution < 1.29 is 18.0 Å². The number of fused-ring (bicyclic) bond motifs is 1. The number of nitrogens with two attached hydrogens (primary N) is 1. The van der Waals surface area contributed by atoms with Crippen molar-refractivity contribution in [1.29, 1.82) is 0 Å². The maximum atomic E-state index is 12.7. The molecule has 0 spiro atoms. The number of alkyl halides is 3. The quantitative estimate of drug-likeness (QED) is 0.840. The van der Waals surface area contributed by atoms with Crippen molar-refractivity contribution in [3.63, 3.8) is 0 Å². The van der Waals surface area contributed by atoms with E-state index in [-0.39, 0.29) is 31.4 Å². The highest BCUT2D eigenvalue weighted by molar-refractivity contribution is 5.82. The number of carbonyl (C=O) groups is 1. The van der Waals surface area contributed by atoms with Gasteiger partial charge in [0.25, 0.3) is 0 Å². The molecule has 2 rings (SSSR count). The Morgan fingerprint density at radius 1 is 1.24 bits per heavy atom. The number of hydrogen-bond donors (Lipinski definition) is 1. The zero-order valence-corrected chi connectivity index (χ0v) is 12.1. The number of amides is 1. The summed E-state index contributed by atoms with van der Waals surface area (Å²) in [5.41, 5.74) is 5.49. The Hall–Kier alpha value is -1.64. The first kappa shape index (κ1) is 15.7. The Balaban J connectivity index is 2.18. The van der Waals surface area contributed by atoms with Crippen molar-refractivity contribution in [2.75, 3.05) is 6.54 Å². The van der Waals surface area contributed by atoms with Crippen LogP contribution in [0.2, 0.25) is 0 Å². The lowest BCUT2D eigenvalue weighted by molar-refractivity contribution is -0.148. The van der Waals surface area contributed by atoms with Crippen molar-refractivity contribution in [2.24, 2.45) is 11.1 Å². The third-order valence-electron chi connectivity index (χ3n) is 3.52. The van der Waals surface area contributed by atoms with E-state index in [2.05, 4.69) is 10.2 Å². The van der Waals surface area contributed by atoms with Crippen LogP contribution in [0.15, 0.2) is 0 Å². The van der Waals surface area contributed by atoms with Crippen molar-refractivity contribution in [2.45, 2.75) is 46.1 Å². The van der Waals surface area contributed by atoms with Gasteiger partial charge in [-0.3, -0.25) is 4.79 Å². The molecule has 0 radical (unpaired) electrons. The molecule has 1 atom stereocenters. The van der Waals surface area contributed by atoms with Gasteiger partial charge in [0.05, 0.1) is 12.6 Å². The van der Waals surface area contributed by atoms with Gasteiger partial charge >= 0.3 is 6.18 Å². The van der Waals surface area contributed by atoms with Crippen molar-refractivity contribution in [3.05, 3.63) is 11.6 Å². The molecule has 0 fully saturated rings. The number of hydrogen-bond acceptors (Lipinski definition) is 4. The van der Waals surface area contributed by atoms with Crippen LogP contribution in [0.1, 0.15) is 32.4 Å².